The maximum absolute atomic E-state index is 12.0. The number of quaternary nitrogens is 1. The molecule has 0 unspecified atom stereocenters. The lowest BCUT2D eigenvalue weighted by molar-refractivity contribution is -0.895. The van der Waals surface area contributed by atoms with Crippen LogP contribution in [0.4, 0.5) is 11.5 Å². The van der Waals surface area contributed by atoms with Crippen molar-refractivity contribution in [2.45, 2.75) is 19.8 Å². The van der Waals surface area contributed by atoms with Crippen LogP contribution in [0.25, 0.3) is 5.52 Å². The fraction of sp³-hybridized carbons (Fsp3) is 0.381. The first-order valence-electron chi connectivity index (χ1n) is 9.90. The molecule has 0 radical (unpaired) electrons. The Hall–Kier alpha value is -2.64. The van der Waals surface area contributed by atoms with E-state index in [2.05, 4.69) is 17.5 Å². The molecule has 1 aliphatic heterocycles. The lowest BCUT2D eigenvalue weighted by Gasteiger charge is -2.29. The molecule has 0 bridgehead atoms. The van der Waals surface area contributed by atoms with E-state index in [0.29, 0.717) is 22.8 Å². The van der Waals surface area contributed by atoms with Crippen LogP contribution in [-0.4, -0.2) is 58.8 Å². The molecule has 3 heterocycles. The fourth-order valence-electron chi connectivity index (χ4n) is 3.95. The van der Waals surface area contributed by atoms with E-state index in [1.165, 1.54) is 25.9 Å². The van der Waals surface area contributed by atoms with E-state index in [-0.39, 0.29) is 16.5 Å². The molecule has 1 saturated heterocycles. The number of aromatic nitrogens is 2. The minimum absolute atomic E-state index is 0.0150. The van der Waals surface area contributed by atoms with Gasteiger partial charge in [0.2, 0.25) is 5.78 Å². The number of pyridine rings is 1. The normalized spacial score (nSPS) is 20.6. The van der Waals surface area contributed by atoms with Crippen molar-refractivity contribution in [2.24, 2.45) is 10.7 Å². The standard InChI is InChI=1S/C21H25ClN6O/c1-14-13-15(18(23)17(22)20(14)29)25-19-16-7-3-4-9-27(16)26-21(19)24-8-12-28(2)10-5-6-11-28/h3-4,7,9,13H,5-6,8,10-12H2,1-2H3,(H2-,23,24,26,29)/p+1/b25-15+. The predicted molar refractivity (Wildman–Crippen MR) is 117 cm³/mol. The van der Waals surface area contributed by atoms with Crippen LogP contribution in [0.2, 0.25) is 0 Å². The van der Waals surface area contributed by atoms with E-state index in [0.717, 1.165) is 23.1 Å². The number of hydrogen-bond donors (Lipinski definition) is 2. The second-order valence-electron chi connectivity index (χ2n) is 8.03. The molecule has 29 heavy (non-hydrogen) atoms. The van der Waals surface area contributed by atoms with Gasteiger partial charge in [0.15, 0.2) is 5.82 Å². The summed E-state index contributed by atoms with van der Waals surface area (Å²) in [7, 11) is 2.31. The summed E-state index contributed by atoms with van der Waals surface area (Å²) in [6, 6.07) is 5.82. The lowest BCUT2D eigenvalue weighted by atomic mass is 10.0. The van der Waals surface area contributed by atoms with Gasteiger partial charge >= 0.3 is 0 Å². The zero-order valence-corrected chi connectivity index (χ0v) is 17.5. The van der Waals surface area contributed by atoms with Crippen LogP contribution in [0.15, 0.2) is 51.8 Å². The van der Waals surface area contributed by atoms with E-state index in [9.17, 15) is 4.79 Å². The van der Waals surface area contributed by atoms with Gasteiger partial charge in [-0.05, 0) is 25.1 Å². The van der Waals surface area contributed by atoms with Gasteiger partial charge in [-0.2, -0.15) is 0 Å². The molecule has 0 saturated carbocycles. The third kappa shape index (κ3) is 3.80. The van der Waals surface area contributed by atoms with Gasteiger partial charge in [0, 0.05) is 24.6 Å². The molecule has 3 N–H and O–H groups in total. The number of anilines is 1. The average Bonchev–Trinajstić information content (AvgIpc) is 3.29. The van der Waals surface area contributed by atoms with Crippen molar-refractivity contribution in [2.75, 3.05) is 38.5 Å². The summed E-state index contributed by atoms with van der Waals surface area (Å²) in [5.41, 5.74) is 8.82. The number of halogens is 1. The molecule has 0 amide bonds. The molecule has 2 aromatic rings. The number of fused-ring (bicyclic) bond motifs is 1. The van der Waals surface area contributed by atoms with Gasteiger partial charge in [-0.1, -0.05) is 17.7 Å². The van der Waals surface area contributed by atoms with Gasteiger partial charge in [-0.15, -0.1) is 5.10 Å². The minimum atomic E-state index is -0.260. The number of likely N-dealkylation sites (tertiary alicyclic amines) is 1. The number of aliphatic imine (C=N–C) groups is 1. The van der Waals surface area contributed by atoms with Crippen LogP contribution in [0.3, 0.4) is 0 Å². The monoisotopic (exact) mass is 413 g/mol. The van der Waals surface area contributed by atoms with Crippen molar-refractivity contribution in [1.29, 1.82) is 0 Å². The Morgan fingerprint density at radius 3 is 2.86 bits per heavy atom. The highest BCUT2D eigenvalue weighted by Crippen LogP contribution is 2.32. The smallest absolute Gasteiger partial charge is 0.202 e. The molecular weight excluding hydrogens is 388 g/mol. The van der Waals surface area contributed by atoms with Crippen molar-refractivity contribution in [3.63, 3.8) is 0 Å². The molecule has 4 rings (SSSR count). The van der Waals surface area contributed by atoms with E-state index in [1.54, 1.807) is 17.5 Å². The number of carbonyl (C=O) groups is 1. The Labute approximate surface area is 175 Å². The van der Waals surface area contributed by atoms with Crippen molar-refractivity contribution in [1.82, 2.24) is 9.61 Å². The van der Waals surface area contributed by atoms with E-state index >= 15 is 0 Å². The number of hydrogen-bond acceptors (Lipinski definition) is 5. The second kappa shape index (κ2) is 7.65. The summed E-state index contributed by atoms with van der Waals surface area (Å²) in [6.07, 6.45) is 6.15. The van der Waals surface area contributed by atoms with E-state index in [1.807, 2.05) is 24.4 Å². The highest BCUT2D eigenvalue weighted by molar-refractivity contribution is 6.49. The molecule has 1 aliphatic carbocycles. The maximum Gasteiger partial charge on any atom is 0.202 e. The first-order chi connectivity index (χ1) is 13.9. The zero-order valence-electron chi connectivity index (χ0n) is 16.8. The summed E-state index contributed by atoms with van der Waals surface area (Å²) in [4.78, 5) is 16.8. The van der Waals surface area contributed by atoms with Gasteiger partial charge in [0.05, 0.1) is 50.2 Å². The van der Waals surface area contributed by atoms with Crippen LogP contribution in [0.1, 0.15) is 19.8 Å². The summed E-state index contributed by atoms with van der Waals surface area (Å²) in [5.74, 6) is 0.435. The van der Waals surface area contributed by atoms with E-state index < -0.39 is 0 Å². The first-order valence-corrected chi connectivity index (χ1v) is 10.3. The maximum atomic E-state index is 12.0. The Balaban J connectivity index is 1.68. The van der Waals surface area contributed by atoms with Crippen LogP contribution < -0.4 is 11.1 Å². The summed E-state index contributed by atoms with van der Waals surface area (Å²) in [5, 5.41) is 8.13. The number of Topliss-reactive ketones (excluding diaryl/α,β-unsaturated/α-hetero) is 1. The summed E-state index contributed by atoms with van der Waals surface area (Å²) >= 11 is 6.12. The number of rotatable bonds is 5. The molecular formula is C21H26ClN6O+. The van der Waals surface area contributed by atoms with Crippen molar-refractivity contribution < 1.29 is 9.28 Å². The number of nitrogens with one attached hydrogen (secondary N) is 1. The Kier molecular flexibility index (Phi) is 5.19. The number of allylic oxidation sites excluding steroid dienone is 3. The molecule has 8 heteroatoms. The van der Waals surface area contributed by atoms with Crippen LogP contribution in [-0.2, 0) is 4.79 Å². The zero-order chi connectivity index (χ0) is 20.6. The molecule has 1 fully saturated rings. The highest BCUT2D eigenvalue weighted by Gasteiger charge is 2.27. The van der Waals surface area contributed by atoms with Gasteiger partial charge in [0.1, 0.15) is 10.7 Å². The number of carbonyl (C=O) groups excluding carboxylic acids is 1. The molecule has 0 aromatic carbocycles. The molecule has 2 aliphatic rings. The number of nitrogens with two attached hydrogens (primary N) is 1. The van der Waals surface area contributed by atoms with Crippen molar-refractivity contribution in [3.8, 4) is 0 Å². The number of likely N-dealkylation sites (N-methyl/N-ethyl adjacent to an activating group) is 1. The molecule has 152 valence electrons. The van der Waals surface area contributed by atoms with Gasteiger partial charge in [-0.25, -0.2) is 9.51 Å². The topological polar surface area (TPSA) is 84.8 Å². The van der Waals surface area contributed by atoms with Crippen LogP contribution in [0, 0.1) is 0 Å². The predicted octanol–water partition coefficient (Wildman–Crippen LogP) is 3.00. The first kappa shape index (κ1) is 19.7. The Morgan fingerprint density at radius 1 is 1.34 bits per heavy atom. The molecule has 0 spiro atoms. The van der Waals surface area contributed by atoms with Crippen LogP contribution in [0.5, 0.6) is 0 Å². The highest BCUT2D eigenvalue weighted by atomic mass is 35.5. The summed E-state index contributed by atoms with van der Waals surface area (Å²) in [6.45, 7) is 5.99. The molecule has 0 atom stereocenters. The van der Waals surface area contributed by atoms with Crippen molar-refractivity contribution in [3.05, 3.63) is 46.8 Å². The van der Waals surface area contributed by atoms with Crippen molar-refractivity contribution >= 4 is 40.1 Å². The third-order valence-corrected chi connectivity index (χ3v) is 6.13. The second-order valence-corrected chi connectivity index (χ2v) is 8.41. The van der Waals surface area contributed by atoms with Gasteiger partial charge in [0.25, 0.3) is 0 Å². The minimum Gasteiger partial charge on any atom is -0.396 e. The fourth-order valence-corrected chi connectivity index (χ4v) is 4.20. The largest absolute Gasteiger partial charge is 0.396 e. The molecule has 7 nitrogen and oxygen atoms in total. The third-order valence-electron chi connectivity index (χ3n) is 5.76. The quantitative estimate of drug-likeness (QED) is 0.583. The van der Waals surface area contributed by atoms with Gasteiger partial charge in [-0.3, -0.25) is 4.79 Å². The Morgan fingerprint density at radius 2 is 2.10 bits per heavy atom. The SMILES string of the molecule is CC1=C/C(=N\c2c(NCC[N+]3(C)CCCC3)nn3ccccc23)C(N)=C(Cl)C1=O. The number of ketones is 1. The Bertz CT molecular complexity index is 1060. The average molecular weight is 414 g/mol. The van der Waals surface area contributed by atoms with Crippen LogP contribution >= 0.6 is 11.6 Å². The summed E-state index contributed by atoms with van der Waals surface area (Å²) < 4.78 is 2.87. The number of nitrogens with zero attached hydrogens (tertiary/aromatic N) is 4. The van der Waals surface area contributed by atoms with Gasteiger partial charge < -0.3 is 15.5 Å². The lowest BCUT2D eigenvalue weighted by Crippen LogP contribution is -2.44. The van der Waals surface area contributed by atoms with E-state index in [4.69, 9.17) is 22.3 Å². The molecule has 2 aromatic heterocycles.